The number of rotatable bonds is 6. The Morgan fingerprint density at radius 3 is 2.48 bits per heavy atom. The van der Waals surface area contributed by atoms with Gasteiger partial charge in [0.25, 0.3) is 0 Å². The third-order valence-electron chi connectivity index (χ3n) is 9.29. The fourth-order valence-corrected chi connectivity index (χ4v) is 7.81. The molecule has 0 bridgehead atoms. The number of hydrogen-bond acceptors (Lipinski definition) is 10. The van der Waals surface area contributed by atoms with Crippen molar-refractivity contribution in [2.45, 2.75) is 42.8 Å². The molecule has 1 amide bonds. The summed E-state index contributed by atoms with van der Waals surface area (Å²) in [6.45, 7) is 4.59. The Labute approximate surface area is 288 Å². The molecular formula is C31H37BF3N11O3S. The molecule has 3 aliphatic heterocycles. The van der Waals surface area contributed by atoms with Crippen LogP contribution in [0.4, 0.5) is 30.6 Å². The molecular weight excluding hydrogens is 674 g/mol. The van der Waals surface area contributed by atoms with E-state index in [1.807, 2.05) is 6.07 Å². The number of carbonyl (C=O) groups is 1. The van der Waals surface area contributed by atoms with Gasteiger partial charge in [0.1, 0.15) is 5.82 Å². The van der Waals surface area contributed by atoms with Crippen LogP contribution in [0.25, 0.3) is 0 Å². The van der Waals surface area contributed by atoms with Gasteiger partial charge in [-0.2, -0.15) is 13.2 Å². The predicted molar refractivity (Wildman–Crippen MR) is 185 cm³/mol. The van der Waals surface area contributed by atoms with Crippen molar-refractivity contribution in [3.8, 4) is 0 Å². The summed E-state index contributed by atoms with van der Waals surface area (Å²) >= 11 is 0. The molecule has 14 nitrogen and oxygen atoms in total. The standard InChI is InChI=1S/C31H37BF3N11O3S/c1-19-26(36)41-27(37)24(40-19)28(47)42-29-39-18-30(43-29)8-12-45(13-9-30)25(32)20-4-2-5-22(16-20)50(48,49)46-11-3-10-44(14-15-46)23-7-6-21(17-38-23)31(33,34)35/h2,4-7,16-17,32H,3,8-15,18H2,1H3,(H4,36,37,41)(H2,39,42,43,47). The van der Waals surface area contributed by atoms with Crippen LogP contribution in [0, 0.1) is 6.92 Å². The van der Waals surface area contributed by atoms with E-state index in [-0.39, 0.29) is 47.4 Å². The number of guanidine groups is 1. The number of benzene rings is 1. The van der Waals surface area contributed by atoms with Gasteiger partial charge in [-0.15, -0.1) is 0 Å². The van der Waals surface area contributed by atoms with Crippen molar-refractivity contribution in [3.05, 3.63) is 65.1 Å². The number of amides is 1. The van der Waals surface area contributed by atoms with Crippen LogP contribution >= 0.6 is 0 Å². The van der Waals surface area contributed by atoms with E-state index >= 15 is 0 Å². The van der Waals surface area contributed by atoms with Crippen LogP contribution in [0.15, 0.2) is 52.5 Å². The van der Waals surface area contributed by atoms with Crippen molar-refractivity contribution >= 4 is 52.4 Å². The van der Waals surface area contributed by atoms with Crippen LogP contribution in [0.1, 0.15) is 46.6 Å². The number of aliphatic imine (C=N–C) groups is 1. The average molecular weight is 712 g/mol. The Morgan fingerprint density at radius 2 is 1.78 bits per heavy atom. The number of aryl methyl sites for hydroxylation is 1. The molecule has 264 valence electrons. The van der Waals surface area contributed by atoms with E-state index in [1.165, 1.54) is 10.4 Å². The molecule has 3 aromatic rings. The zero-order chi connectivity index (χ0) is 35.8. The van der Waals surface area contributed by atoms with Gasteiger partial charge in [-0.3, -0.25) is 0 Å². The van der Waals surface area contributed by atoms with Gasteiger partial charge < -0.3 is 5.73 Å². The summed E-state index contributed by atoms with van der Waals surface area (Å²) in [4.78, 5) is 33.0. The number of nitrogens with one attached hydrogen (secondary N) is 2. The SMILES string of the molecule is B=C(c1cccc(S(=O)(=O)N2CCCN(c3ccc(C(F)(F)F)cn3)CC2)c1)N1CCC2(CC1)CN/C(=N\C(=O)c1nc(C)c(N)nc1N)N2. The molecule has 0 aliphatic carbocycles. The van der Waals surface area contributed by atoms with E-state index in [2.05, 4.69) is 43.0 Å². The van der Waals surface area contributed by atoms with Gasteiger partial charge in [0.15, 0.2) is 0 Å². The van der Waals surface area contributed by atoms with Gasteiger partial charge in [-0.25, -0.2) is 0 Å². The zero-order valence-corrected chi connectivity index (χ0v) is 28.2. The summed E-state index contributed by atoms with van der Waals surface area (Å²) in [5.41, 5.74) is 12.1. The van der Waals surface area contributed by atoms with Crippen molar-refractivity contribution < 1.29 is 26.4 Å². The second-order valence-electron chi connectivity index (χ2n) is 12.6. The quantitative estimate of drug-likeness (QED) is 0.265. The molecule has 3 saturated heterocycles. The van der Waals surface area contributed by atoms with E-state index in [4.69, 9.17) is 11.5 Å². The van der Waals surface area contributed by atoms with Crippen molar-refractivity contribution in [1.82, 2.24) is 34.8 Å². The van der Waals surface area contributed by atoms with Gasteiger partial charge in [0.2, 0.25) is 0 Å². The number of likely N-dealkylation sites (tertiary alicyclic amines) is 1. The molecule has 3 fully saturated rings. The molecule has 50 heavy (non-hydrogen) atoms. The number of aromatic nitrogens is 3. The number of hydrogen-bond donors (Lipinski definition) is 4. The maximum absolute atomic E-state index is 13.8. The molecule has 0 saturated carbocycles. The molecule has 1 spiro atoms. The van der Waals surface area contributed by atoms with E-state index in [1.54, 1.807) is 30.0 Å². The van der Waals surface area contributed by atoms with Crippen molar-refractivity contribution in [2.75, 3.05) is 62.2 Å². The minimum atomic E-state index is -4.48. The number of sulfonamides is 1. The van der Waals surface area contributed by atoms with Crippen LogP contribution in [0.3, 0.4) is 0 Å². The summed E-state index contributed by atoms with van der Waals surface area (Å²) in [6.07, 6.45) is -1.81. The van der Waals surface area contributed by atoms with Gasteiger partial charge in [-0.05, 0) is 6.92 Å². The van der Waals surface area contributed by atoms with Gasteiger partial charge in [0.05, 0.1) is 5.56 Å². The summed E-state index contributed by atoms with van der Waals surface area (Å²) in [7, 11) is 0.415. The number of alkyl halides is 3. The van der Waals surface area contributed by atoms with Crippen LogP contribution in [0.5, 0.6) is 0 Å². The maximum atomic E-state index is 13.8. The summed E-state index contributed by atoms with van der Waals surface area (Å²) in [5.74, 6) is 0.106. The van der Waals surface area contributed by atoms with Gasteiger partial charge in [0, 0.05) is 0 Å². The van der Waals surface area contributed by atoms with Crippen molar-refractivity contribution in [3.63, 3.8) is 0 Å². The number of nitrogens with two attached hydrogens (primary N) is 2. The number of pyridine rings is 1. The Bertz CT molecular complexity index is 1940. The van der Waals surface area contributed by atoms with Crippen molar-refractivity contribution in [1.29, 1.82) is 0 Å². The summed E-state index contributed by atoms with van der Waals surface area (Å²) in [6, 6.07) is 8.99. The van der Waals surface area contributed by atoms with Crippen LogP contribution < -0.4 is 27.0 Å². The first-order chi connectivity index (χ1) is 23.6. The molecule has 0 unspecified atom stereocenters. The number of nitrogens with zero attached hydrogens (tertiary/aromatic N) is 7. The number of carbonyl (C=O) groups excluding carboxylic acids is 1. The average Bonchev–Trinajstić information content (AvgIpc) is 3.29. The van der Waals surface area contributed by atoms with Gasteiger partial charge >= 0.3 is 251 Å². The van der Waals surface area contributed by atoms with E-state index < -0.39 is 27.7 Å². The third-order valence-corrected chi connectivity index (χ3v) is 11.2. The number of halogens is 3. The fourth-order valence-electron chi connectivity index (χ4n) is 6.30. The molecule has 19 heteroatoms. The van der Waals surface area contributed by atoms with E-state index in [0.717, 1.165) is 12.3 Å². The summed E-state index contributed by atoms with van der Waals surface area (Å²) < 4.78 is 67.8. The normalized spacial score (nSPS) is 19.2. The first-order valence-corrected chi connectivity index (χ1v) is 17.5. The molecule has 2 aromatic heterocycles. The first kappa shape index (κ1) is 35.1. The molecule has 0 atom stereocenters. The fraction of sp³-hybridized carbons (Fsp3) is 0.419. The Balaban J connectivity index is 1.06. The number of nitrogen functional groups attached to an aromatic ring is 2. The topological polar surface area (TPSA) is 188 Å². The minimum absolute atomic E-state index is 0.0719. The molecule has 1 aromatic carbocycles. The molecule has 3 aliphatic rings. The van der Waals surface area contributed by atoms with Crippen LogP contribution in [0.2, 0.25) is 0 Å². The number of anilines is 3. The monoisotopic (exact) mass is 711 g/mol. The van der Waals surface area contributed by atoms with Crippen molar-refractivity contribution in [2.24, 2.45) is 4.99 Å². The predicted octanol–water partition coefficient (Wildman–Crippen LogP) is 0.867. The Morgan fingerprint density at radius 1 is 1.02 bits per heavy atom. The molecule has 5 heterocycles. The summed E-state index contributed by atoms with van der Waals surface area (Å²) in [5, 5.41) is 6.52. The first-order valence-electron chi connectivity index (χ1n) is 16.0. The van der Waals surface area contributed by atoms with E-state index in [0.29, 0.717) is 74.1 Å². The third kappa shape index (κ3) is 7.23. The molecule has 6 N–H and O–H groups in total. The second-order valence-corrected chi connectivity index (χ2v) is 14.5. The Kier molecular flexibility index (Phi) is 9.47. The van der Waals surface area contributed by atoms with Gasteiger partial charge in [-0.1, -0.05) is 0 Å². The van der Waals surface area contributed by atoms with Crippen LogP contribution in [-0.2, 0) is 16.2 Å². The van der Waals surface area contributed by atoms with E-state index in [9.17, 15) is 26.4 Å². The second kappa shape index (κ2) is 13.5. The zero-order valence-electron chi connectivity index (χ0n) is 27.4. The Hall–Kier alpha value is -4.78. The molecule has 0 radical (unpaired) electrons. The molecule has 6 rings (SSSR count). The van der Waals surface area contributed by atoms with Crippen LogP contribution in [-0.4, -0.2) is 109 Å². The number of piperidine rings is 1.